The van der Waals surface area contributed by atoms with E-state index in [4.69, 9.17) is 4.74 Å². The van der Waals surface area contributed by atoms with Crippen LogP contribution in [0.4, 0.5) is 0 Å². The second kappa shape index (κ2) is 6.36. The fourth-order valence-corrected chi connectivity index (χ4v) is 2.80. The van der Waals surface area contributed by atoms with Gasteiger partial charge in [-0.05, 0) is 44.7 Å². The Morgan fingerprint density at radius 3 is 3.06 bits per heavy atom. The number of amides is 1. The smallest absolute Gasteiger partial charge is 0.222 e. The first-order chi connectivity index (χ1) is 8.29. The van der Waals surface area contributed by atoms with E-state index in [9.17, 15) is 4.79 Å². The number of methoxy groups -OCH3 is 1. The molecule has 0 spiro atoms. The maximum Gasteiger partial charge on any atom is 0.222 e. The molecular formula is C13H24N2O2. The van der Waals surface area contributed by atoms with Gasteiger partial charge in [-0.25, -0.2) is 0 Å². The standard InChI is InChI=1S/C13H24N2O2/c1-17-12-3-2-8-15(10-12)13(16)5-4-11-6-7-14-9-11/h11-12,14H,2-10H2,1H3. The molecular weight excluding hydrogens is 216 g/mol. The molecule has 2 heterocycles. The molecule has 1 N–H and O–H groups in total. The van der Waals surface area contributed by atoms with Crippen molar-refractivity contribution in [3.8, 4) is 0 Å². The van der Waals surface area contributed by atoms with Crippen LogP contribution in [-0.4, -0.2) is 50.2 Å². The molecule has 0 saturated carbocycles. The Bertz CT molecular complexity index is 252. The molecule has 0 aromatic heterocycles. The third kappa shape index (κ3) is 3.68. The summed E-state index contributed by atoms with van der Waals surface area (Å²) in [7, 11) is 1.74. The Balaban J connectivity index is 1.71. The van der Waals surface area contributed by atoms with Gasteiger partial charge in [0.15, 0.2) is 0 Å². The van der Waals surface area contributed by atoms with E-state index in [0.717, 1.165) is 45.4 Å². The lowest BCUT2D eigenvalue weighted by Crippen LogP contribution is -2.42. The molecule has 0 aromatic rings. The van der Waals surface area contributed by atoms with Crippen molar-refractivity contribution in [1.29, 1.82) is 0 Å². The summed E-state index contributed by atoms with van der Waals surface area (Å²) in [5.74, 6) is 1.03. The summed E-state index contributed by atoms with van der Waals surface area (Å²) in [6, 6.07) is 0. The minimum atomic E-state index is 0.251. The predicted octanol–water partition coefficient (Wildman–Crippen LogP) is 1.01. The van der Waals surface area contributed by atoms with Gasteiger partial charge in [-0.15, -0.1) is 0 Å². The zero-order chi connectivity index (χ0) is 12.1. The summed E-state index contributed by atoms with van der Waals surface area (Å²) in [5.41, 5.74) is 0. The summed E-state index contributed by atoms with van der Waals surface area (Å²) in [6.45, 7) is 3.92. The van der Waals surface area contributed by atoms with Crippen LogP contribution >= 0.6 is 0 Å². The van der Waals surface area contributed by atoms with Crippen molar-refractivity contribution >= 4 is 5.91 Å². The van der Waals surface area contributed by atoms with Gasteiger partial charge in [-0.1, -0.05) is 0 Å². The first-order valence-corrected chi connectivity index (χ1v) is 6.81. The van der Waals surface area contributed by atoms with Crippen LogP contribution in [0.1, 0.15) is 32.1 Å². The van der Waals surface area contributed by atoms with Gasteiger partial charge in [-0.2, -0.15) is 0 Å². The topological polar surface area (TPSA) is 41.6 Å². The Kier molecular flexibility index (Phi) is 4.80. The van der Waals surface area contributed by atoms with Crippen LogP contribution < -0.4 is 5.32 Å². The molecule has 0 aliphatic carbocycles. The van der Waals surface area contributed by atoms with Crippen LogP contribution in [0.2, 0.25) is 0 Å². The normalized spacial score (nSPS) is 29.6. The van der Waals surface area contributed by atoms with Crippen LogP contribution in [0.3, 0.4) is 0 Å². The van der Waals surface area contributed by atoms with Crippen molar-refractivity contribution in [2.45, 2.75) is 38.2 Å². The van der Waals surface area contributed by atoms with Gasteiger partial charge in [0.05, 0.1) is 6.10 Å². The Morgan fingerprint density at radius 2 is 2.35 bits per heavy atom. The molecule has 4 nitrogen and oxygen atoms in total. The second-order valence-electron chi connectivity index (χ2n) is 5.24. The van der Waals surface area contributed by atoms with E-state index in [1.54, 1.807) is 7.11 Å². The highest BCUT2D eigenvalue weighted by molar-refractivity contribution is 5.76. The number of carbonyl (C=O) groups excluding carboxylic acids is 1. The van der Waals surface area contributed by atoms with Crippen molar-refractivity contribution < 1.29 is 9.53 Å². The molecule has 0 bridgehead atoms. The molecule has 2 rings (SSSR count). The quantitative estimate of drug-likeness (QED) is 0.797. The number of rotatable bonds is 4. The number of carbonyl (C=O) groups is 1. The summed E-state index contributed by atoms with van der Waals surface area (Å²) < 4.78 is 5.35. The monoisotopic (exact) mass is 240 g/mol. The van der Waals surface area contributed by atoms with Crippen LogP contribution in [0.15, 0.2) is 0 Å². The lowest BCUT2D eigenvalue weighted by molar-refractivity contribution is -0.135. The Hall–Kier alpha value is -0.610. The zero-order valence-electron chi connectivity index (χ0n) is 10.8. The minimum Gasteiger partial charge on any atom is -0.380 e. The zero-order valence-corrected chi connectivity index (χ0v) is 10.8. The molecule has 2 aliphatic rings. The number of hydrogen-bond acceptors (Lipinski definition) is 3. The fraction of sp³-hybridized carbons (Fsp3) is 0.923. The molecule has 2 unspecified atom stereocenters. The van der Waals surface area contributed by atoms with Gasteiger partial charge in [0, 0.05) is 26.6 Å². The maximum absolute atomic E-state index is 12.1. The van der Waals surface area contributed by atoms with Crippen molar-refractivity contribution in [3.05, 3.63) is 0 Å². The van der Waals surface area contributed by atoms with Crippen LogP contribution in [0.25, 0.3) is 0 Å². The van der Waals surface area contributed by atoms with E-state index in [2.05, 4.69) is 5.32 Å². The van der Waals surface area contributed by atoms with Crippen LogP contribution in [0.5, 0.6) is 0 Å². The highest BCUT2D eigenvalue weighted by Crippen LogP contribution is 2.18. The van der Waals surface area contributed by atoms with Gasteiger partial charge in [0.2, 0.25) is 5.91 Å². The Labute approximate surface area is 104 Å². The lowest BCUT2D eigenvalue weighted by Gasteiger charge is -2.32. The van der Waals surface area contributed by atoms with Gasteiger partial charge in [-0.3, -0.25) is 4.79 Å². The average molecular weight is 240 g/mol. The van der Waals surface area contributed by atoms with E-state index in [-0.39, 0.29) is 6.10 Å². The summed E-state index contributed by atoms with van der Waals surface area (Å²) in [6.07, 6.45) is 5.40. The third-order valence-electron chi connectivity index (χ3n) is 3.99. The molecule has 4 heteroatoms. The van der Waals surface area contributed by atoms with Gasteiger partial charge in [0.25, 0.3) is 0 Å². The minimum absolute atomic E-state index is 0.251. The largest absolute Gasteiger partial charge is 0.380 e. The molecule has 2 fully saturated rings. The van der Waals surface area contributed by atoms with Crippen LogP contribution in [-0.2, 0) is 9.53 Å². The summed E-state index contributed by atoms with van der Waals surface area (Å²) in [5, 5.41) is 3.35. The first kappa shape index (κ1) is 12.8. The molecule has 2 saturated heterocycles. The maximum atomic E-state index is 12.1. The fourth-order valence-electron chi connectivity index (χ4n) is 2.80. The van der Waals surface area contributed by atoms with E-state index in [1.165, 1.54) is 6.42 Å². The lowest BCUT2D eigenvalue weighted by atomic mass is 10.0. The molecule has 17 heavy (non-hydrogen) atoms. The van der Waals surface area contributed by atoms with Gasteiger partial charge in [0.1, 0.15) is 0 Å². The highest BCUT2D eigenvalue weighted by atomic mass is 16.5. The molecule has 2 aliphatic heterocycles. The van der Waals surface area contributed by atoms with Crippen molar-refractivity contribution in [2.75, 3.05) is 33.3 Å². The molecule has 1 amide bonds. The van der Waals surface area contributed by atoms with Gasteiger partial charge >= 0.3 is 0 Å². The average Bonchev–Trinajstić information content (AvgIpc) is 2.89. The number of ether oxygens (including phenoxy) is 1. The van der Waals surface area contributed by atoms with E-state index in [1.807, 2.05) is 4.90 Å². The first-order valence-electron chi connectivity index (χ1n) is 6.81. The number of piperidine rings is 1. The third-order valence-corrected chi connectivity index (χ3v) is 3.99. The number of nitrogens with zero attached hydrogens (tertiary/aromatic N) is 1. The van der Waals surface area contributed by atoms with Crippen LogP contribution in [0, 0.1) is 5.92 Å². The molecule has 0 radical (unpaired) electrons. The molecule has 0 aromatic carbocycles. The number of hydrogen-bond donors (Lipinski definition) is 1. The van der Waals surface area contributed by atoms with Gasteiger partial charge < -0.3 is 15.0 Å². The molecule has 2 atom stereocenters. The number of likely N-dealkylation sites (tertiary alicyclic amines) is 1. The summed E-state index contributed by atoms with van der Waals surface area (Å²) in [4.78, 5) is 14.1. The van der Waals surface area contributed by atoms with Crippen molar-refractivity contribution in [3.63, 3.8) is 0 Å². The van der Waals surface area contributed by atoms with E-state index < -0.39 is 0 Å². The van der Waals surface area contributed by atoms with E-state index >= 15 is 0 Å². The summed E-state index contributed by atoms with van der Waals surface area (Å²) >= 11 is 0. The van der Waals surface area contributed by atoms with E-state index in [0.29, 0.717) is 18.2 Å². The predicted molar refractivity (Wildman–Crippen MR) is 66.8 cm³/mol. The Morgan fingerprint density at radius 1 is 1.47 bits per heavy atom. The SMILES string of the molecule is COC1CCCN(C(=O)CCC2CCNC2)C1. The molecule has 98 valence electrons. The second-order valence-corrected chi connectivity index (χ2v) is 5.24. The highest BCUT2D eigenvalue weighted by Gasteiger charge is 2.24. The number of nitrogens with one attached hydrogen (secondary N) is 1. The van der Waals surface area contributed by atoms with Crippen molar-refractivity contribution in [2.24, 2.45) is 5.92 Å². The van der Waals surface area contributed by atoms with Crippen molar-refractivity contribution in [1.82, 2.24) is 10.2 Å².